The van der Waals surface area contributed by atoms with Gasteiger partial charge in [-0.2, -0.15) is 0 Å². The van der Waals surface area contributed by atoms with E-state index >= 15 is 0 Å². The number of rotatable bonds is 6. The van der Waals surface area contributed by atoms with E-state index < -0.39 is 13.0 Å². The van der Waals surface area contributed by atoms with Gasteiger partial charge < -0.3 is 15.1 Å². The van der Waals surface area contributed by atoms with Crippen LogP contribution in [0.5, 0.6) is 0 Å². The number of hydrogen-bond acceptors (Lipinski definition) is 3. The van der Waals surface area contributed by atoms with Crippen molar-refractivity contribution in [3.8, 4) is 0 Å². The first kappa shape index (κ1) is 12.9. The van der Waals surface area contributed by atoms with E-state index in [1.807, 2.05) is 0 Å². The van der Waals surface area contributed by atoms with Crippen molar-refractivity contribution in [1.82, 2.24) is 0 Å². The number of aliphatic hydroxyl groups excluding tert-OH is 2. The van der Waals surface area contributed by atoms with Crippen molar-refractivity contribution in [2.24, 2.45) is 0 Å². The predicted octanol–water partition coefficient (Wildman–Crippen LogP) is 1.24. The van der Waals surface area contributed by atoms with Crippen LogP contribution >= 0.6 is 0 Å². The molecule has 1 rings (SSSR count). The quantitative estimate of drug-likeness (QED) is 0.774. The molecule has 0 unspecified atom stereocenters. The molecule has 0 aromatic heterocycles. The van der Waals surface area contributed by atoms with Crippen molar-refractivity contribution >= 4 is 5.69 Å². The summed E-state index contributed by atoms with van der Waals surface area (Å²) in [7, 11) is 0. The molecule has 0 amide bonds. The van der Waals surface area contributed by atoms with Gasteiger partial charge in [0.05, 0.1) is 19.8 Å². The Hall–Kier alpha value is -1.20. The van der Waals surface area contributed by atoms with Gasteiger partial charge in [-0.1, -0.05) is 18.2 Å². The molecule has 1 aromatic carbocycles. The third-order valence-electron chi connectivity index (χ3n) is 2.23. The van der Waals surface area contributed by atoms with Crippen LogP contribution in [0.25, 0.3) is 0 Å². The van der Waals surface area contributed by atoms with Gasteiger partial charge in [-0.15, -0.1) is 0 Å². The van der Waals surface area contributed by atoms with Crippen molar-refractivity contribution < 1.29 is 19.0 Å². The lowest BCUT2D eigenvalue weighted by atomic mass is 10.1. The van der Waals surface area contributed by atoms with Gasteiger partial charge in [0.25, 0.3) is 6.43 Å². The van der Waals surface area contributed by atoms with Crippen LogP contribution in [0.4, 0.5) is 14.5 Å². The standard InChI is InChI=1S/C11H15F2NO2/c12-11(13)7-14(5-6-15)10-4-2-1-3-9(10)8-16/h1-4,11,15-16H,5-8H2. The first-order valence-corrected chi connectivity index (χ1v) is 5.01. The average Bonchev–Trinajstić information content (AvgIpc) is 2.28. The Kier molecular flexibility index (Phi) is 5.14. The van der Waals surface area contributed by atoms with Gasteiger partial charge in [0.1, 0.15) is 0 Å². The predicted molar refractivity (Wildman–Crippen MR) is 57.7 cm³/mol. The lowest BCUT2D eigenvalue weighted by Crippen LogP contribution is -2.32. The van der Waals surface area contributed by atoms with E-state index in [9.17, 15) is 8.78 Å². The first-order valence-electron chi connectivity index (χ1n) is 5.01. The van der Waals surface area contributed by atoms with Gasteiger partial charge in [-0.3, -0.25) is 0 Å². The maximum Gasteiger partial charge on any atom is 0.255 e. The van der Waals surface area contributed by atoms with Crippen LogP contribution in [0, 0.1) is 0 Å². The Balaban J connectivity index is 2.90. The van der Waals surface area contributed by atoms with Gasteiger partial charge in [0, 0.05) is 17.8 Å². The molecule has 0 heterocycles. The summed E-state index contributed by atoms with van der Waals surface area (Å²) in [4.78, 5) is 1.37. The van der Waals surface area contributed by atoms with Crippen molar-refractivity contribution in [3.05, 3.63) is 29.8 Å². The fourth-order valence-corrected chi connectivity index (χ4v) is 1.55. The Labute approximate surface area is 92.9 Å². The molecule has 90 valence electrons. The second kappa shape index (κ2) is 6.40. The maximum atomic E-state index is 12.3. The van der Waals surface area contributed by atoms with Crippen LogP contribution in [-0.2, 0) is 6.61 Å². The third kappa shape index (κ3) is 3.43. The van der Waals surface area contributed by atoms with E-state index in [2.05, 4.69) is 0 Å². The maximum absolute atomic E-state index is 12.3. The van der Waals surface area contributed by atoms with Crippen LogP contribution in [0.3, 0.4) is 0 Å². The Morgan fingerprint density at radius 2 is 1.88 bits per heavy atom. The second-order valence-electron chi connectivity index (χ2n) is 3.35. The zero-order valence-corrected chi connectivity index (χ0v) is 8.81. The fourth-order valence-electron chi connectivity index (χ4n) is 1.55. The van der Waals surface area contributed by atoms with E-state index in [0.717, 1.165) is 0 Å². The zero-order valence-electron chi connectivity index (χ0n) is 8.81. The topological polar surface area (TPSA) is 43.7 Å². The molecule has 0 aliphatic carbocycles. The molecular weight excluding hydrogens is 216 g/mol. The highest BCUT2D eigenvalue weighted by molar-refractivity contribution is 5.53. The van der Waals surface area contributed by atoms with Crippen molar-refractivity contribution in [1.29, 1.82) is 0 Å². The largest absolute Gasteiger partial charge is 0.395 e. The number of halogens is 2. The number of anilines is 1. The molecule has 0 aliphatic heterocycles. The number of para-hydroxylation sites is 1. The molecule has 0 spiro atoms. The Bertz CT molecular complexity index is 321. The number of nitrogens with zero attached hydrogens (tertiary/aromatic N) is 1. The molecule has 16 heavy (non-hydrogen) atoms. The normalized spacial score (nSPS) is 10.8. The molecular formula is C11H15F2NO2. The summed E-state index contributed by atoms with van der Waals surface area (Å²) >= 11 is 0. The van der Waals surface area contributed by atoms with E-state index in [0.29, 0.717) is 11.3 Å². The number of hydrogen-bond donors (Lipinski definition) is 2. The number of alkyl halides is 2. The molecule has 0 saturated heterocycles. The lowest BCUT2D eigenvalue weighted by molar-refractivity contribution is 0.152. The molecule has 2 N–H and O–H groups in total. The SMILES string of the molecule is OCCN(CC(F)F)c1ccccc1CO. The summed E-state index contributed by atoms with van der Waals surface area (Å²) in [5.41, 5.74) is 1.12. The zero-order chi connectivity index (χ0) is 12.0. The summed E-state index contributed by atoms with van der Waals surface area (Å²) in [6, 6.07) is 6.77. The van der Waals surface area contributed by atoms with Crippen molar-refractivity contribution in [2.45, 2.75) is 13.0 Å². The van der Waals surface area contributed by atoms with E-state index in [1.54, 1.807) is 24.3 Å². The average molecular weight is 231 g/mol. The summed E-state index contributed by atoms with van der Waals surface area (Å²) in [6.07, 6.45) is -2.47. The molecule has 0 aliphatic rings. The van der Waals surface area contributed by atoms with Crippen molar-refractivity contribution in [3.63, 3.8) is 0 Å². The van der Waals surface area contributed by atoms with Crippen LogP contribution in [-0.4, -0.2) is 36.3 Å². The number of aliphatic hydroxyl groups is 2. The summed E-state index contributed by atoms with van der Waals surface area (Å²) in [5, 5.41) is 17.9. The van der Waals surface area contributed by atoms with Crippen LogP contribution in [0.15, 0.2) is 24.3 Å². The third-order valence-corrected chi connectivity index (χ3v) is 2.23. The molecule has 0 bridgehead atoms. The summed E-state index contributed by atoms with van der Waals surface area (Å²) in [5.74, 6) is 0. The molecule has 0 saturated carbocycles. The summed E-state index contributed by atoms with van der Waals surface area (Å²) in [6.45, 7) is -0.729. The lowest BCUT2D eigenvalue weighted by Gasteiger charge is -2.25. The Morgan fingerprint density at radius 3 is 2.44 bits per heavy atom. The minimum atomic E-state index is -2.47. The van der Waals surface area contributed by atoms with E-state index in [-0.39, 0.29) is 19.8 Å². The molecule has 0 fully saturated rings. The monoisotopic (exact) mass is 231 g/mol. The highest BCUT2D eigenvalue weighted by Crippen LogP contribution is 2.20. The highest BCUT2D eigenvalue weighted by atomic mass is 19.3. The minimum absolute atomic E-state index is 0.126. The molecule has 1 aromatic rings. The van der Waals surface area contributed by atoms with E-state index in [4.69, 9.17) is 10.2 Å². The molecule has 3 nitrogen and oxygen atoms in total. The second-order valence-corrected chi connectivity index (χ2v) is 3.35. The van der Waals surface area contributed by atoms with Crippen molar-refractivity contribution in [2.75, 3.05) is 24.6 Å². The molecule has 0 radical (unpaired) electrons. The van der Waals surface area contributed by atoms with Crippen LogP contribution in [0.1, 0.15) is 5.56 Å². The first-order chi connectivity index (χ1) is 7.69. The van der Waals surface area contributed by atoms with Crippen LogP contribution in [0.2, 0.25) is 0 Å². The minimum Gasteiger partial charge on any atom is -0.395 e. The summed E-state index contributed by atoms with van der Waals surface area (Å²) < 4.78 is 24.7. The van der Waals surface area contributed by atoms with E-state index in [1.165, 1.54) is 4.90 Å². The smallest absolute Gasteiger partial charge is 0.255 e. The Morgan fingerprint density at radius 1 is 1.19 bits per heavy atom. The molecule has 0 atom stereocenters. The van der Waals surface area contributed by atoms with Gasteiger partial charge in [0.15, 0.2) is 0 Å². The highest BCUT2D eigenvalue weighted by Gasteiger charge is 2.14. The van der Waals surface area contributed by atoms with Gasteiger partial charge in [-0.05, 0) is 6.07 Å². The van der Waals surface area contributed by atoms with Gasteiger partial charge >= 0.3 is 0 Å². The van der Waals surface area contributed by atoms with Gasteiger partial charge in [-0.25, -0.2) is 8.78 Å². The number of benzene rings is 1. The fraction of sp³-hybridized carbons (Fsp3) is 0.455. The molecule has 5 heteroatoms. The van der Waals surface area contributed by atoms with Gasteiger partial charge in [0.2, 0.25) is 0 Å². The van der Waals surface area contributed by atoms with Crippen LogP contribution < -0.4 is 4.90 Å².